The summed E-state index contributed by atoms with van der Waals surface area (Å²) >= 11 is 0. The SMILES string of the molecule is CCC(C(=O)O)c1ccc(CC=NOCc2ccc(C(F)(F)F)cc2)cc1. The molecule has 0 heterocycles. The van der Waals surface area contributed by atoms with E-state index in [9.17, 15) is 18.0 Å². The van der Waals surface area contributed by atoms with Crippen LogP contribution < -0.4 is 0 Å². The van der Waals surface area contributed by atoms with E-state index in [-0.39, 0.29) is 6.61 Å². The second-order valence-electron chi connectivity index (χ2n) is 6.00. The standard InChI is InChI=1S/C20H20F3NO3/c1-2-18(19(25)26)16-7-3-14(4-8-16)11-12-24-27-13-15-5-9-17(10-6-15)20(21,22)23/h3-10,12,18H,2,11,13H2,1H3,(H,25,26). The largest absolute Gasteiger partial charge is 0.481 e. The quantitative estimate of drug-likeness (QED) is 0.517. The monoisotopic (exact) mass is 379 g/mol. The van der Waals surface area contributed by atoms with Crippen LogP contribution >= 0.6 is 0 Å². The number of oxime groups is 1. The molecule has 27 heavy (non-hydrogen) atoms. The van der Waals surface area contributed by atoms with E-state index in [1.165, 1.54) is 12.1 Å². The average Bonchev–Trinajstić information content (AvgIpc) is 2.62. The Bertz CT molecular complexity index is 769. The van der Waals surface area contributed by atoms with Gasteiger partial charge in [-0.3, -0.25) is 4.79 Å². The van der Waals surface area contributed by atoms with Gasteiger partial charge in [0.2, 0.25) is 0 Å². The molecule has 7 heteroatoms. The van der Waals surface area contributed by atoms with E-state index in [1.807, 2.05) is 19.1 Å². The van der Waals surface area contributed by atoms with Crippen molar-refractivity contribution >= 4 is 12.2 Å². The van der Waals surface area contributed by atoms with Gasteiger partial charge in [0.05, 0.1) is 11.5 Å². The Morgan fingerprint density at radius 1 is 1.11 bits per heavy atom. The van der Waals surface area contributed by atoms with E-state index >= 15 is 0 Å². The van der Waals surface area contributed by atoms with E-state index in [0.29, 0.717) is 18.4 Å². The molecule has 0 aliphatic rings. The van der Waals surface area contributed by atoms with Crippen molar-refractivity contribution in [2.45, 2.75) is 38.5 Å². The second kappa shape index (κ2) is 9.21. The summed E-state index contributed by atoms with van der Waals surface area (Å²) in [5.41, 5.74) is 1.58. The molecule has 0 saturated heterocycles. The van der Waals surface area contributed by atoms with E-state index in [4.69, 9.17) is 9.94 Å². The molecule has 0 aliphatic heterocycles. The summed E-state index contributed by atoms with van der Waals surface area (Å²) in [7, 11) is 0. The first-order valence-corrected chi connectivity index (χ1v) is 8.42. The minimum atomic E-state index is -4.35. The third-order valence-electron chi connectivity index (χ3n) is 4.08. The molecule has 0 spiro atoms. The van der Waals surface area contributed by atoms with Crippen molar-refractivity contribution < 1.29 is 27.9 Å². The Hall–Kier alpha value is -2.83. The Balaban J connectivity index is 1.81. The van der Waals surface area contributed by atoms with Gasteiger partial charge >= 0.3 is 12.1 Å². The minimum Gasteiger partial charge on any atom is -0.481 e. The highest BCUT2D eigenvalue weighted by molar-refractivity contribution is 5.76. The number of benzene rings is 2. The molecule has 0 saturated carbocycles. The number of carboxylic acids is 1. The Kier molecular flexibility index (Phi) is 6.98. The van der Waals surface area contributed by atoms with Gasteiger partial charge in [-0.05, 0) is 35.2 Å². The molecule has 1 unspecified atom stereocenters. The Morgan fingerprint density at radius 3 is 2.22 bits per heavy atom. The van der Waals surface area contributed by atoms with Crippen molar-refractivity contribution in [3.05, 3.63) is 70.8 Å². The highest BCUT2D eigenvalue weighted by atomic mass is 19.4. The lowest BCUT2D eigenvalue weighted by molar-refractivity contribution is -0.139. The molecule has 0 aliphatic carbocycles. The lowest BCUT2D eigenvalue weighted by atomic mass is 9.95. The van der Waals surface area contributed by atoms with Crippen LogP contribution in [-0.4, -0.2) is 17.3 Å². The predicted molar refractivity (Wildman–Crippen MR) is 95.5 cm³/mol. The number of hydrogen-bond acceptors (Lipinski definition) is 3. The van der Waals surface area contributed by atoms with Gasteiger partial charge in [0.25, 0.3) is 0 Å². The van der Waals surface area contributed by atoms with Gasteiger partial charge in [0.15, 0.2) is 0 Å². The Morgan fingerprint density at radius 2 is 1.70 bits per heavy atom. The summed E-state index contributed by atoms with van der Waals surface area (Å²) < 4.78 is 37.4. The fourth-order valence-corrected chi connectivity index (χ4v) is 2.54. The number of carboxylic acid groups (broad SMARTS) is 1. The first-order chi connectivity index (χ1) is 12.8. The number of nitrogens with zero attached hydrogens (tertiary/aromatic N) is 1. The smallest absolute Gasteiger partial charge is 0.416 e. The fourth-order valence-electron chi connectivity index (χ4n) is 2.54. The number of hydrogen-bond donors (Lipinski definition) is 1. The first kappa shape index (κ1) is 20.5. The summed E-state index contributed by atoms with van der Waals surface area (Å²) in [5.74, 6) is -1.36. The number of carbonyl (C=O) groups is 1. The van der Waals surface area contributed by atoms with Gasteiger partial charge in [-0.25, -0.2) is 0 Å². The predicted octanol–water partition coefficient (Wildman–Crippen LogP) is 5.03. The van der Waals surface area contributed by atoms with Gasteiger partial charge in [-0.2, -0.15) is 13.2 Å². The molecule has 144 valence electrons. The average molecular weight is 379 g/mol. The van der Waals surface area contributed by atoms with Crippen LogP contribution in [0.15, 0.2) is 53.7 Å². The van der Waals surface area contributed by atoms with Crippen molar-refractivity contribution in [1.82, 2.24) is 0 Å². The van der Waals surface area contributed by atoms with Crippen molar-refractivity contribution in [2.75, 3.05) is 0 Å². The van der Waals surface area contributed by atoms with Crippen LogP contribution in [0.25, 0.3) is 0 Å². The van der Waals surface area contributed by atoms with Gasteiger partial charge < -0.3 is 9.94 Å². The molecule has 2 aromatic rings. The molecule has 0 bridgehead atoms. The summed E-state index contributed by atoms with van der Waals surface area (Å²) in [5, 5.41) is 12.9. The van der Waals surface area contributed by atoms with Crippen LogP contribution in [0, 0.1) is 0 Å². The maximum atomic E-state index is 12.5. The molecule has 0 aromatic heterocycles. The molecule has 0 radical (unpaired) electrons. The third-order valence-corrected chi connectivity index (χ3v) is 4.08. The molecule has 1 N–H and O–H groups in total. The van der Waals surface area contributed by atoms with E-state index in [0.717, 1.165) is 23.3 Å². The zero-order valence-corrected chi connectivity index (χ0v) is 14.7. The van der Waals surface area contributed by atoms with Crippen LogP contribution in [0.4, 0.5) is 13.2 Å². The fraction of sp³-hybridized carbons (Fsp3) is 0.300. The summed E-state index contributed by atoms with van der Waals surface area (Å²) in [4.78, 5) is 16.2. The van der Waals surface area contributed by atoms with Crippen molar-refractivity contribution in [1.29, 1.82) is 0 Å². The van der Waals surface area contributed by atoms with Crippen LogP contribution in [-0.2, 0) is 28.8 Å². The maximum absolute atomic E-state index is 12.5. The first-order valence-electron chi connectivity index (χ1n) is 8.42. The van der Waals surface area contributed by atoms with Crippen LogP contribution in [0.5, 0.6) is 0 Å². The van der Waals surface area contributed by atoms with Crippen LogP contribution in [0.3, 0.4) is 0 Å². The van der Waals surface area contributed by atoms with E-state index in [2.05, 4.69) is 5.16 Å². The number of aliphatic carboxylic acids is 1. The van der Waals surface area contributed by atoms with Crippen LogP contribution in [0.1, 0.15) is 41.5 Å². The lowest BCUT2D eigenvalue weighted by Gasteiger charge is -2.10. The minimum absolute atomic E-state index is 0.0738. The summed E-state index contributed by atoms with van der Waals surface area (Å²) in [6, 6.07) is 12.0. The summed E-state index contributed by atoms with van der Waals surface area (Å²) in [6.45, 7) is 1.90. The molecule has 1 atom stereocenters. The van der Waals surface area contributed by atoms with Crippen molar-refractivity contribution in [3.63, 3.8) is 0 Å². The summed E-state index contributed by atoms with van der Waals surface area (Å²) in [6.07, 6.45) is -1.78. The second-order valence-corrected chi connectivity index (χ2v) is 6.00. The highest BCUT2D eigenvalue weighted by Gasteiger charge is 2.29. The zero-order valence-electron chi connectivity index (χ0n) is 14.7. The molecule has 2 aromatic carbocycles. The van der Waals surface area contributed by atoms with Crippen LogP contribution in [0.2, 0.25) is 0 Å². The highest BCUT2D eigenvalue weighted by Crippen LogP contribution is 2.29. The lowest BCUT2D eigenvalue weighted by Crippen LogP contribution is -2.10. The normalized spacial score (nSPS) is 12.9. The molecular weight excluding hydrogens is 359 g/mol. The Labute approximate surface area is 155 Å². The maximum Gasteiger partial charge on any atom is 0.416 e. The molecule has 2 rings (SSSR count). The van der Waals surface area contributed by atoms with Crippen molar-refractivity contribution in [3.8, 4) is 0 Å². The number of rotatable bonds is 8. The topological polar surface area (TPSA) is 58.9 Å². The molecular formula is C20H20F3NO3. The van der Waals surface area contributed by atoms with Gasteiger partial charge in [-0.1, -0.05) is 48.5 Å². The van der Waals surface area contributed by atoms with Gasteiger partial charge in [0, 0.05) is 12.6 Å². The van der Waals surface area contributed by atoms with Gasteiger partial charge in [0.1, 0.15) is 6.61 Å². The molecule has 0 amide bonds. The van der Waals surface area contributed by atoms with E-state index < -0.39 is 23.6 Å². The number of alkyl halides is 3. The molecule has 0 fully saturated rings. The zero-order chi connectivity index (χ0) is 19.9. The van der Waals surface area contributed by atoms with Crippen molar-refractivity contribution in [2.24, 2.45) is 5.16 Å². The molecule has 4 nitrogen and oxygen atoms in total. The third kappa shape index (κ3) is 6.13. The van der Waals surface area contributed by atoms with E-state index in [1.54, 1.807) is 18.3 Å². The van der Waals surface area contributed by atoms with Gasteiger partial charge in [-0.15, -0.1) is 0 Å². The number of halogens is 3.